The molecular formula is C11H17N7O2. The minimum Gasteiger partial charge on any atom is -0.384 e. The number of nitrogens with zero attached hydrogens (tertiary/aromatic N) is 3. The van der Waals surface area contributed by atoms with Gasteiger partial charge in [0.1, 0.15) is 17.7 Å². The summed E-state index contributed by atoms with van der Waals surface area (Å²) >= 11 is 0. The Morgan fingerprint density at radius 3 is 2.70 bits per heavy atom. The van der Waals surface area contributed by atoms with E-state index in [1.807, 2.05) is 0 Å². The molecule has 0 fully saturated rings. The van der Waals surface area contributed by atoms with Crippen LogP contribution in [-0.4, -0.2) is 46.7 Å². The molecule has 0 bridgehead atoms. The van der Waals surface area contributed by atoms with Crippen molar-refractivity contribution in [2.75, 3.05) is 19.8 Å². The quantitative estimate of drug-likeness (QED) is 0.515. The minimum atomic E-state index is -0.519. The van der Waals surface area contributed by atoms with E-state index in [4.69, 9.17) is 5.73 Å². The Balaban J connectivity index is 2.09. The number of hydrogen-bond acceptors (Lipinski definition) is 6. The zero-order valence-electron chi connectivity index (χ0n) is 11.5. The molecule has 1 aromatic heterocycles. The molecule has 0 spiro atoms. The molecule has 1 aliphatic heterocycles. The van der Waals surface area contributed by atoms with E-state index in [0.29, 0.717) is 11.6 Å². The summed E-state index contributed by atoms with van der Waals surface area (Å²) in [6.45, 7) is 0. The van der Waals surface area contributed by atoms with Crippen LogP contribution in [-0.2, 0) is 11.8 Å². The van der Waals surface area contributed by atoms with Crippen molar-refractivity contribution >= 4 is 17.6 Å². The van der Waals surface area contributed by atoms with Gasteiger partial charge in [-0.25, -0.2) is 5.43 Å². The lowest BCUT2D eigenvalue weighted by atomic mass is 10.3. The van der Waals surface area contributed by atoms with Gasteiger partial charge in [0.15, 0.2) is 5.69 Å². The highest BCUT2D eigenvalue weighted by molar-refractivity contribution is 5.94. The van der Waals surface area contributed by atoms with Crippen LogP contribution in [0.3, 0.4) is 0 Å². The normalized spacial score (nSPS) is 17.9. The topological polar surface area (TPSA) is 117 Å². The molecule has 0 aromatic carbocycles. The van der Waals surface area contributed by atoms with E-state index < -0.39 is 11.9 Å². The van der Waals surface area contributed by atoms with Gasteiger partial charge in [-0.3, -0.25) is 19.3 Å². The smallest absolute Gasteiger partial charge is 0.277 e. The number of anilines is 1. The molecular weight excluding hydrogens is 262 g/mol. The maximum atomic E-state index is 12.0. The van der Waals surface area contributed by atoms with Gasteiger partial charge in [-0.2, -0.15) is 5.10 Å². The number of hydrogen-bond donors (Lipinski definition) is 4. The van der Waals surface area contributed by atoms with Crippen molar-refractivity contribution in [3.63, 3.8) is 0 Å². The van der Waals surface area contributed by atoms with E-state index in [0.717, 1.165) is 0 Å². The number of nitrogens with two attached hydrogens (primary N) is 1. The Bertz CT molecular complexity index is 558. The number of rotatable bonds is 3. The van der Waals surface area contributed by atoms with Crippen LogP contribution in [0, 0.1) is 0 Å². The fourth-order valence-corrected chi connectivity index (χ4v) is 1.77. The highest BCUT2D eigenvalue weighted by Gasteiger charge is 2.26. The van der Waals surface area contributed by atoms with E-state index in [2.05, 4.69) is 21.2 Å². The molecule has 9 heteroatoms. The van der Waals surface area contributed by atoms with Gasteiger partial charge in [0.05, 0.1) is 0 Å². The number of hydrazine groups is 1. The Kier molecular flexibility index (Phi) is 3.61. The molecule has 20 heavy (non-hydrogen) atoms. The minimum absolute atomic E-state index is 0.192. The molecule has 108 valence electrons. The van der Waals surface area contributed by atoms with E-state index in [1.54, 1.807) is 32.2 Å². The summed E-state index contributed by atoms with van der Waals surface area (Å²) in [5.74, 6) is 0.288. The number of aryl methyl sites for hydroxylation is 1. The molecule has 0 radical (unpaired) electrons. The number of carbonyl (C=O) groups is 2. The Morgan fingerprint density at radius 1 is 1.45 bits per heavy atom. The van der Waals surface area contributed by atoms with Crippen LogP contribution >= 0.6 is 0 Å². The fourth-order valence-electron chi connectivity index (χ4n) is 1.77. The zero-order chi connectivity index (χ0) is 14.9. The van der Waals surface area contributed by atoms with Gasteiger partial charge in [-0.1, -0.05) is 0 Å². The highest BCUT2D eigenvalue weighted by Crippen LogP contribution is 2.09. The maximum Gasteiger partial charge on any atom is 0.277 e. The number of carbonyl (C=O) groups excluding carboxylic acids is 2. The van der Waals surface area contributed by atoms with Gasteiger partial charge in [0, 0.05) is 27.2 Å². The summed E-state index contributed by atoms with van der Waals surface area (Å²) in [5, 5.41) is 10.7. The Labute approximate surface area is 115 Å². The van der Waals surface area contributed by atoms with E-state index >= 15 is 0 Å². The van der Waals surface area contributed by atoms with Crippen molar-refractivity contribution in [2.45, 2.75) is 6.04 Å². The predicted molar refractivity (Wildman–Crippen MR) is 71.9 cm³/mol. The SMILES string of the molecule is CNC(=O)C1C=C(NC(=O)c2cc(N)n(C)n2)N(C)N1. The first-order valence-electron chi connectivity index (χ1n) is 5.96. The summed E-state index contributed by atoms with van der Waals surface area (Å²) in [7, 11) is 4.89. The molecule has 5 N–H and O–H groups in total. The average Bonchev–Trinajstić information content (AvgIpc) is 2.93. The third-order valence-electron chi connectivity index (χ3n) is 2.94. The number of aromatic nitrogens is 2. The van der Waals surface area contributed by atoms with Gasteiger partial charge < -0.3 is 16.4 Å². The molecule has 2 rings (SSSR count). The first-order valence-corrected chi connectivity index (χ1v) is 5.96. The molecule has 2 amide bonds. The number of amides is 2. The van der Waals surface area contributed by atoms with Gasteiger partial charge in [-0.05, 0) is 6.08 Å². The van der Waals surface area contributed by atoms with Crippen LogP contribution in [0.25, 0.3) is 0 Å². The molecule has 1 unspecified atom stereocenters. The van der Waals surface area contributed by atoms with E-state index in [1.165, 1.54) is 10.7 Å². The molecule has 0 saturated carbocycles. The van der Waals surface area contributed by atoms with Crippen LogP contribution in [0.4, 0.5) is 5.82 Å². The van der Waals surface area contributed by atoms with Gasteiger partial charge in [-0.15, -0.1) is 0 Å². The molecule has 1 aromatic rings. The molecule has 1 aliphatic rings. The van der Waals surface area contributed by atoms with Crippen LogP contribution in [0.2, 0.25) is 0 Å². The van der Waals surface area contributed by atoms with Crippen molar-refractivity contribution in [3.05, 3.63) is 23.7 Å². The summed E-state index contributed by atoms with van der Waals surface area (Å²) in [4.78, 5) is 23.5. The van der Waals surface area contributed by atoms with Crippen molar-refractivity contribution in [1.82, 2.24) is 30.8 Å². The maximum absolute atomic E-state index is 12.0. The van der Waals surface area contributed by atoms with Crippen LogP contribution < -0.4 is 21.8 Å². The molecule has 9 nitrogen and oxygen atoms in total. The van der Waals surface area contributed by atoms with Crippen molar-refractivity contribution < 1.29 is 9.59 Å². The van der Waals surface area contributed by atoms with Crippen molar-refractivity contribution in [1.29, 1.82) is 0 Å². The highest BCUT2D eigenvalue weighted by atomic mass is 16.2. The van der Waals surface area contributed by atoms with Crippen molar-refractivity contribution in [3.8, 4) is 0 Å². The van der Waals surface area contributed by atoms with Gasteiger partial charge in [0.25, 0.3) is 5.91 Å². The number of likely N-dealkylation sites (N-methyl/N-ethyl adjacent to an activating group) is 1. The van der Waals surface area contributed by atoms with Gasteiger partial charge >= 0.3 is 0 Å². The second-order valence-corrected chi connectivity index (χ2v) is 4.36. The Morgan fingerprint density at radius 2 is 2.15 bits per heavy atom. The zero-order valence-corrected chi connectivity index (χ0v) is 11.5. The number of nitrogen functional groups attached to an aromatic ring is 1. The number of nitrogens with one attached hydrogen (secondary N) is 3. The van der Waals surface area contributed by atoms with Crippen LogP contribution in [0.15, 0.2) is 18.0 Å². The first kappa shape index (κ1) is 13.9. The Hall–Kier alpha value is -2.55. The lowest BCUT2D eigenvalue weighted by molar-refractivity contribution is -0.122. The second-order valence-electron chi connectivity index (χ2n) is 4.36. The predicted octanol–water partition coefficient (Wildman–Crippen LogP) is -1.86. The second kappa shape index (κ2) is 5.21. The largest absolute Gasteiger partial charge is 0.384 e. The molecule has 2 heterocycles. The fraction of sp³-hybridized carbons (Fsp3) is 0.364. The van der Waals surface area contributed by atoms with Gasteiger partial charge in [0.2, 0.25) is 5.91 Å². The molecule has 1 atom stereocenters. The summed E-state index contributed by atoms with van der Waals surface area (Å²) in [6.07, 6.45) is 1.61. The first-order chi connectivity index (χ1) is 9.42. The van der Waals surface area contributed by atoms with Crippen molar-refractivity contribution in [2.24, 2.45) is 7.05 Å². The van der Waals surface area contributed by atoms with E-state index in [9.17, 15) is 9.59 Å². The standard InChI is InChI=1S/C11H17N7O2/c1-13-10(19)7-5-9(18(3)16-7)14-11(20)6-4-8(12)17(2)15-6/h4-5,7,16H,12H2,1-3H3,(H,13,19)(H,14,20). The summed E-state index contributed by atoms with van der Waals surface area (Å²) < 4.78 is 1.41. The van der Waals surface area contributed by atoms with Crippen LogP contribution in [0.1, 0.15) is 10.5 Å². The lowest BCUT2D eigenvalue weighted by Crippen LogP contribution is -2.44. The third-order valence-corrected chi connectivity index (χ3v) is 2.94. The molecule has 0 aliphatic carbocycles. The summed E-state index contributed by atoms with van der Waals surface area (Å²) in [6, 6.07) is 0.961. The average molecular weight is 279 g/mol. The lowest BCUT2D eigenvalue weighted by Gasteiger charge is -2.17. The molecule has 0 saturated heterocycles. The van der Waals surface area contributed by atoms with Crippen LogP contribution in [0.5, 0.6) is 0 Å². The van der Waals surface area contributed by atoms with E-state index in [-0.39, 0.29) is 11.6 Å². The monoisotopic (exact) mass is 279 g/mol. The summed E-state index contributed by atoms with van der Waals surface area (Å²) in [5.41, 5.74) is 8.73. The third kappa shape index (κ3) is 2.57.